The molecule has 6 nitrogen and oxygen atoms in total. The predicted molar refractivity (Wildman–Crippen MR) is 75.2 cm³/mol. The second-order valence-electron chi connectivity index (χ2n) is 4.44. The van der Waals surface area contributed by atoms with Gasteiger partial charge in [0, 0.05) is 18.1 Å². The minimum absolute atomic E-state index is 0.157. The summed E-state index contributed by atoms with van der Waals surface area (Å²) in [6.07, 6.45) is 4.77. The number of carbonyl (C=O) groups is 1. The van der Waals surface area contributed by atoms with E-state index < -0.39 is 0 Å². The predicted octanol–water partition coefficient (Wildman–Crippen LogP) is 1.64. The minimum Gasteiger partial charge on any atom is -0.463 e. The van der Waals surface area contributed by atoms with Gasteiger partial charge in [-0.2, -0.15) is 5.10 Å². The molecule has 3 aromatic rings. The van der Waals surface area contributed by atoms with E-state index in [1.54, 1.807) is 17.1 Å². The van der Waals surface area contributed by atoms with E-state index in [2.05, 4.69) is 10.4 Å². The summed E-state index contributed by atoms with van der Waals surface area (Å²) in [7, 11) is 0. The molecule has 1 amide bonds. The van der Waals surface area contributed by atoms with Crippen LogP contribution >= 0.6 is 0 Å². The molecular formula is C14H14N4O2. The Balaban J connectivity index is 1.64. The van der Waals surface area contributed by atoms with E-state index in [9.17, 15) is 4.79 Å². The molecular weight excluding hydrogens is 256 g/mol. The molecule has 0 saturated heterocycles. The fourth-order valence-electron chi connectivity index (χ4n) is 2.03. The van der Waals surface area contributed by atoms with Gasteiger partial charge < -0.3 is 15.5 Å². The van der Waals surface area contributed by atoms with Crippen LogP contribution < -0.4 is 11.1 Å². The maximum absolute atomic E-state index is 12.1. The molecule has 0 spiro atoms. The first-order valence-electron chi connectivity index (χ1n) is 6.26. The number of nitrogens with one attached hydrogen (secondary N) is 1. The average molecular weight is 270 g/mol. The van der Waals surface area contributed by atoms with Crippen LogP contribution in [0, 0.1) is 0 Å². The van der Waals surface area contributed by atoms with Gasteiger partial charge in [0.15, 0.2) is 0 Å². The molecule has 0 radical (unpaired) electrons. The third-order valence-corrected chi connectivity index (χ3v) is 3.01. The number of carbonyl (C=O) groups excluding carboxylic acids is 1. The largest absolute Gasteiger partial charge is 0.463 e. The zero-order chi connectivity index (χ0) is 13.9. The molecule has 0 bridgehead atoms. The van der Waals surface area contributed by atoms with Crippen LogP contribution in [0.2, 0.25) is 0 Å². The van der Waals surface area contributed by atoms with Crippen LogP contribution in [0.3, 0.4) is 0 Å². The Kier molecular flexibility index (Phi) is 3.12. The van der Waals surface area contributed by atoms with Crippen molar-refractivity contribution in [3.63, 3.8) is 0 Å². The Morgan fingerprint density at radius 3 is 3.05 bits per heavy atom. The van der Waals surface area contributed by atoms with Crippen LogP contribution in [0.5, 0.6) is 0 Å². The lowest BCUT2D eigenvalue weighted by Crippen LogP contribution is -2.27. The SMILES string of the molecule is Nc1cnn(CCNC(=O)c2coc3ccccc23)c1. The van der Waals surface area contributed by atoms with Crippen LogP contribution in [0.15, 0.2) is 47.3 Å². The summed E-state index contributed by atoms with van der Waals surface area (Å²) < 4.78 is 7.03. The second-order valence-corrected chi connectivity index (χ2v) is 4.44. The molecule has 0 atom stereocenters. The number of nitrogens with two attached hydrogens (primary N) is 1. The van der Waals surface area contributed by atoms with Gasteiger partial charge >= 0.3 is 0 Å². The molecule has 0 saturated carbocycles. The third kappa shape index (κ3) is 2.35. The van der Waals surface area contributed by atoms with Gasteiger partial charge in [0.2, 0.25) is 0 Å². The maximum Gasteiger partial charge on any atom is 0.255 e. The number of nitrogens with zero attached hydrogens (tertiary/aromatic N) is 2. The Morgan fingerprint density at radius 1 is 1.40 bits per heavy atom. The Morgan fingerprint density at radius 2 is 2.25 bits per heavy atom. The fraction of sp³-hybridized carbons (Fsp3) is 0.143. The van der Waals surface area contributed by atoms with Crippen LogP contribution in [0.4, 0.5) is 5.69 Å². The lowest BCUT2D eigenvalue weighted by atomic mass is 10.1. The summed E-state index contributed by atoms with van der Waals surface area (Å²) >= 11 is 0. The normalized spacial score (nSPS) is 10.8. The van der Waals surface area contributed by atoms with Crippen molar-refractivity contribution in [2.45, 2.75) is 6.54 Å². The smallest absolute Gasteiger partial charge is 0.255 e. The molecule has 6 heteroatoms. The van der Waals surface area contributed by atoms with E-state index in [0.717, 1.165) is 5.39 Å². The monoisotopic (exact) mass is 270 g/mol. The first-order valence-corrected chi connectivity index (χ1v) is 6.26. The number of amides is 1. The number of nitrogen functional groups attached to an aromatic ring is 1. The van der Waals surface area contributed by atoms with Gasteiger partial charge in [-0.25, -0.2) is 0 Å². The van der Waals surface area contributed by atoms with E-state index in [0.29, 0.717) is 29.9 Å². The molecule has 2 heterocycles. The number of furan rings is 1. The highest BCUT2D eigenvalue weighted by Gasteiger charge is 2.12. The van der Waals surface area contributed by atoms with Gasteiger partial charge in [0.25, 0.3) is 5.91 Å². The number of hydrogen-bond donors (Lipinski definition) is 2. The van der Waals surface area contributed by atoms with Crippen LogP contribution in [-0.4, -0.2) is 22.2 Å². The van der Waals surface area contributed by atoms with Crippen LogP contribution in [-0.2, 0) is 6.54 Å². The van der Waals surface area contributed by atoms with Crippen molar-refractivity contribution < 1.29 is 9.21 Å². The van der Waals surface area contributed by atoms with E-state index in [1.165, 1.54) is 6.26 Å². The Bertz CT molecular complexity index is 744. The average Bonchev–Trinajstić information content (AvgIpc) is 3.05. The number of aromatic nitrogens is 2. The highest BCUT2D eigenvalue weighted by molar-refractivity contribution is 6.05. The molecule has 1 aromatic carbocycles. The number of rotatable bonds is 4. The lowest BCUT2D eigenvalue weighted by molar-refractivity contribution is 0.0952. The molecule has 0 fully saturated rings. The molecule has 2 aromatic heterocycles. The first-order chi connectivity index (χ1) is 9.74. The molecule has 0 unspecified atom stereocenters. The number of para-hydroxylation sites is 1. The summed E-state index contributed by atoms with van der Waals surface area (Å²) in [6.45, 7) is 1.04. The van der Waals surface area contributed by atoms with Gasteiger partial charge in [-0.05, 0) is 6.07 Å². The number of fused-ring (bicyclic) bond motifs is 1. The van der Waals surface area contributed by atoms with E-state index in [1.807, 2.05) is 24.3 Å². The summed E-state index contributed by atoms with van der Waals surface area (Å²) in [5.74, 6) is -0.157. The molecule has 102 valence electrons. The number of benzene rings is 1. The molecule has 0 aliphatic carbocycles. The molecule has 0 aliphatic rings. The highest BCUT2D eigenvalue weighted by Crippen LogP contribution is 2.20. The first kappa shape index (κ1) is 12.3. The summed E-state index contributed by atoms with van der Waals surface area (Å²) in [5, 5.41) is 7.69. The summed E-state index contributed by atoms with van der Waals surface area (Å²) in [6, 6.07) is 7.44. The van der Waals surface area contributed by atoms with E-state index in [-0.39, 0.29) is 5.91 Å². The Labute approximate surface area is 115 Å². The minimum atomic E-state index is -0.157. The summed E-state index contributed by atoms with van der Waals surface area (Å²) in [5.41, 5.74) is 7.42. The van der Waals surface area contributed by atoms with Gasteiger partial charge in [-0.15, -0.1) is 0 Å². The quantitative estimate of drug-likeness (QED) is 0.754. The van der Waals surface area contributed by atoms with Crippen LogP contribution in [0.1, 0.15) is 10.4 Å². The van der Waals surface area contributed by atoms with Crippen molar-refractivity contribution in [1.82, 2.24) is 15.1 Å². The van der Waals surface area contributed by atoms with Crippen molar-refractivity contribution in [2.24, 2.45) is 0 Å². The lowest BCUT2D eigenvalue weighted by Gasteiger charge is -2.04. The van der Waals surface area contributed by atoms with Crippen molar-refractivity contribution in [3.05, 3.63) is 48.5 Å². The van der Waals surface area contributed by atoms with Gasteiger partial charge in [0.1, 0.15) is 11.8 Å². The van der Waals surface area contributed by atoms with Crippen molar-refractivity contribution in [3.8, 4) is 0 Å². The van der Waals surface area contributed by atoms with Gasteiger partial charge in [0.05, 0.1) is 24.0 Å². The van der Waals surface area contributed by atoms with Crippen molar-refractivity contribution in [1.29, 1.82) is 0 Å². The van der Waals surface area contributed by atoms with E-state index in [4.69, 9.17) is 10.2 Å². The van der Waals surface area contributed by atoms with Crippen molar-refractivity contribution in [2.75, 3.05) is 12.3 Å². The highest BCUT2D eigenvalue weighted by atomic mass is 16.3. The number of anilines is 1. The van der Waals surface area contributed by atoms with Gasteiger partial charge in [-0.1, -0.05) is 18.2 Å². The standard InChI is InChI=1S/C14H14N4O2/c15-10-7-17-18(8-10)6-5-16-14(19)12-9-20-13-4-2-1-3-11(12)13/h1-4,7-9H,5-6,15H2,(H,16,19). The second kappa shape index (κ2) is 5.08. The molecule has 0 aliphatic heterocycles. The number of hydrogen-bond acceptors (Lipinski definition) is 4. The Hall–Kier alpha value is -2.76. The maximum atomic E-state index is 12.1. The zero-order valence-electron chi connectivity index (χ0n) is 10.7. The van der Waals surface area contributed by atoms with E-state index >= 15 is 0 Å². The fourth-order valence-corrected chi connectivity index (χ4v) is 2.03. The van der Waals surface area contributed by atoms with Gasteiger partial charge in [-0.3, -0.25) is 9.48 Å². The summed E-state index contributed by atoms with van der Waals surface area (Å²) in [4.78, 5) is 12.1. The van der Waals surface area contributed by atoms with Crippen molar-refractivity contribution >= 4 is 22.6 Å². The third-order valence-electron chi connectivity index (χ3n) is 3.01. The zero-order valence-corrected chi connectivity index (χ0v) is 10.7. The molecule has 3 rings (SSSR count). The molecule has 20 heavy (non-hydrogen) atoms. The topological polar surface area (TPSA) is 86.1 Å². The van der Waals surface area contributed by atoms with Crippen LogP contribution in [0.25, 0.3) is 11.0 Å². The molecule has 3 N–H and O–H groups in total.